The van der Waals surface area contributed by atoms with E-state index in [2.05, 4.69) is 59.1 Å². The molecule has 25 heavy (non-hydrogen) atoms. The van der Waals surface area contributed by atoms with Gasteiger partial charge in [-0.05, 0) is 48.4 Å². The maximum absolute atomic E-state index is 5.21. The third kappa shape index (κ3) is 6.86. The Labute approximate surface area is 172 Å². The monoisotopic (exact) mass is 473 g/mol. The third-order valence-electron chi connectivity index (χ3n) is 4.10. The zero-order valence-corrected chi connectivity index (χ0v) is 18.4. The first-order chi connectivity index (χ1) is 11.6. The normalized spacial score (nSPS) is 13.5. The molecule has 1 aromatic heterocycles. The van der Waals surface area contributed by atoms with Crippen LogP contribution in [0.2, 0.25) is 0 Å². The highest BCUT2D eigenvalue weighted by atomic mass is 127. The Bertz CT molecular complexity index is 629. The van der Waals surface area contributed by atoms with Gasteiger partial charge in [0.2, 0.25) is 0 Å². The van der Waals surface area contributed by atoms with E-state index in [4.69, 9.17) is 4.74 Å². The van der Waals surface area contributed by atoms with Crippen LogP contribution in [0.25, 0.3) is 0 Å². The maximum Gasteiger partial charge on any atom is 0.191 e. The summed E-state index contributed by atoms with van der Waals surface area (Å²) in [6, 6.07) is 12.8. The van der Waals surface area contributed by atoms with Gasteiger partial charge in [-0.15, -0.1) is 35.3 Å². The predicted molar refractivity (Wildman–Crippen MR) is 119 cm³/mol. The maximum atomic E-state index is 5.21. The molecule has 138 valence electrons. The van der Waals surface area contributed by atoms with Crippen molar-refractivity contribution in [1.82, 2.24) is 10.6 Å². The van der Waals surface area contributed by atoms with E-state index < -0.39 is 0 Å². The number of hydrogen-bond acceptors (Lipinski definition) is 3. The van der Waals surface area contributed by atoms with Crippen LogP contribution in [0.5, 0.6) is 5.75 Å². The average Bonchev–Trinajstić information content (AvgIpc) is 3.15. The molecule has 0 saturated heterocycles. The van der Waals surface area contributed by atoms with Gasteiger partial charge in [0.05, 0.1) is 13.2 Å². The second-order valence-corrected chi connectivity index (χ2v) is 6.82. The van der Waals surface area contributed by atoms with Crippen LogP contribution in [0, 0.1) is 0 Å². The van der Waals surface area contributed by atoms with E-state index >= 15 is 0 Å². The molecular formula is C19H28IN3OS. The molecule has 0 bridgehead atoms. The summed E-state index contributed by atoms with van der Waals surface area (Å²) >= 11 is 1.76. The molecule has 2 rings (SSSR count). The Morgan fingerprint density at radius 3 is 2.48 bits per heavy atom. The lowest BCUT2D eigenvalue weighted by atomic mass is 9.98. The van der Waals surface area contributed by atoms with Crippen molar-refractivity contribution in [2.24, 2.45) is 4.99 Å². The van der Waals surface area contributed by atoms with Gasteiger partial charge in [0.15, 0.2) is 5.96 Å². The van der Waals surface area contributed by atoms with Gasteiger partial charge >= 0.3 is 0 Å². The highest BCUT2D eigenvalue weighted by Gasteiger charge is 2.10. The first-order valence-corrected chi connectivity index (χ1v) is 9.16. The number of ether oxygens (including phenoxy) is 1. The summed E-state index contributed by atoms with van der Waals surface area (Å²) in [6.45, 7) is 5.27. The van der Waals surface area contributed by atoms with Crippen LogP contribution < -0.4 is 15.4 Å². The molecule has 2 aromatic rings. The summed E-state index contributed by atoms with van der Waals surface area (Å²) in [5, 5.41) is 8.93. The molecule has 2 N–H and O–H groups in total. The fourth-order valence-corrected chi connectivity index (χ4v) is 3.25. The van der Waals surface area contributed by atoms with Crippen molar-refractivity contribution in [3.63, 3.8) is 0 Å². The van der Waals surface area contributed by atoms with Crippen molar-refractivity contribution in [2.45, 2.75) is 32.2 Å². The van der Waals surface area contributed by atoms with Crippen molar-refractivity contribution in [2.75, 3.05) is 20.7 Å². The van der Waals surface area contributed by atoms with Crippen LogP contribution in [-0.2, 0) is 0 Å². The van der Waals surface area contributed by atoms with Gasteiger partial charge in [-0.25, -0.2) is 0 Å². The Morgan fingerprint density at radius 2 is 1.92 bits per heavy atom. The summed E-state index contributed by atoms with van der Waals surface area (Å²) in [5.74, 6) is 2.23. The molecule has 0 aliphatic rings. The molecule has 4 nitrogen and oxygen atoms in total. The second kappa shape index (κ2) is 11.4. The van der Waals surface area contributed by atoms with E-state index in [0.29, 0.717) is 5.92 Å². The number of guanidine groups is 1. The second-order valence-electron chi connectivity index (χ2n) is 5.84. The molecule has 0 aliphatic heterocycles. The smallest absolute Gasteiger partial charge is 0.191 e. The van der Waals surface area contributed by atoms with Crippen LogP contribution in [0.3, 0.4) is 0 Å². The number of methoxy groups -OCH3 is 1. The van der Waals surface area contributed by atoms with E-state index in [1.54, 1.807) is 18.4 Å². The number of benzene rings is 1. The van der Waals surface area contributed by atoms with Gasteiger partial charge in [0.25, 0.3) is 0 Å². The molecule has 0 amide bonds. The zero-order valence-electron chi connectivity index (χ0n) is 15.3. The van der Waals surface area contributed by atoms with Crippen molar-refractivity contribution in [1.29, 1.82) is 0 Å². The van der Waals surface area contributed by atoms with Gasteiger partial charge in [-0.3, -0.25) is 4.99 Å². The lowest BCUT2D eigenvalue weighted by Crippen LogP contribution is -2.39. The van der Waals surface area contributed by atoms with Gasteiger partial charge in [-0.2, -0.15) is 0 Å². The molecule has 0 spiro atoms. The van der Waals surface area contributed by atoms with E-state index in [9.17, 15) is 0 Å². The summed E-state index contributed by atoms with van der Waals surface area (Å²) in [4.78, 5) is 5.62. The van der Waals surface area contributed by atoms with Crippen molar-refractivity contribution < 1.29 is 4.74 Å². The number of rotatable bonds is 7. The minimum atomic E-state index is 0. The van der Waals surface area contributed by atoms with E-state index in [-0.39, 0.29) is 30.0 Å². The Hall–Kier alpha value is -1.28. The molecule has 0 saturated carbocycles. The predicted octanol–water partition coefficient (Wildman–Crippen LogP) is 4.79. The van der Waals surface area contributed by atoms with Gasteiger partial charge in [0, 0.05) is 18.5 Å². The summed E-state index contributed by atoms with van der Waals surface area (Å²) in [7, 11) is 3.50. The molecule has 2 unspecified atom stereocenters. The van der Waals surface area contributed by atoms with Crippen LogP contribution in [0.4, 0.5) is 0 Å². The number of nitrogens with zero attached hydrogens (tertiary/aromatic N) is 1. The molecule has 0 fully saturated rings. The molecule has 0 aliphatic carbocycles. The number of halogens is 1. The fourth-order valence-electron chi connectivity index (χ4n) is 2.51. The molecule has 0 radical (unpaired) electrons. The highest BCUT2D eigenvalue weighted by molar-refractivity contribution is 14.0. The quantitative estimate of drug-likeness (QED) is 0.345. The van der Waals surface area contributed by atoms with E-state index in [1.807, 2.05) is 19.2 Å². The zero-order chi connectivity index (χ0) is 17.4. The van der Waals surface area contributed by atoms with Crippen LogP contribution in [-0.4, -0.2) is 26.7 Å². The SMILES string of the molecule is CN=C(NCCC(C)c1ccc(OC)cc1)NC(C)c1cccs1.I. The third-order valence-corrected chi connectivity index (χ3v) is 5.16. The van der Waals surface area contributed by atoms with Gasteiger partial charge in [0.1, 0.15) is 5.75 Å². The molecular weight excluding hydrogens is 445 g/mol. The first-order valence-electron chi connectivity index (χ1n) is 8.28. The molecule has 2 atom stereocenters. The average molecular weight is 473 g/mol. The largest absolute Gasteiger partial charge is 0.497 e. The van der Waals surface area contributed by atoms with Crippen molar-refractivity contribution in [3.05, 3.63) is 52.2 Å². The number of nitrogens with one attached hydrogen (secondary N) is 2. The standard InChI is InChI=1S/C19H27N3OS.HI/c1-14(16-7-9-17(23-4)10-8-16)11-12-21-19(20-3)22-15(2)18-6-5-13-24-18;/h5-10,13-15H,11-12H2,1-4H3,(H2,20,21,22);1H. The van der Waals surface area contributed by atoms with Gasteiger partial charge in [-0.1, -0.05) is 25.1 Å². The minimum absolute atomic E-state index is 0. The van der Waals surface area contributed by atoms with Crippen LogP contribution in [0.1, 0.15) is 42.7 Å². The van der Waals surface area contributed by atoms with Crippen LogP contribution >= 0.6 is 35.3 Å². The summed E-state index contributed by atoms with van der Waals surface area (Å²) in [6.07, 6.45) is 1.04. The molecule has 1 aromatic carbocycles. The number of thiophene rings is 1. The first kappa shape index (κ1) is 21.8. The van der Waals surface area contributed by atoms with Crippen molar-refractivity contribution in [3.8, 4) is 5.75 Å². The lowest BCUT2D eigenvalue weighted by Gasteiger charge is -2.18. The summed E-state index contributed by atoms with van der Waals surface area (Å²) in [5.41, 5.74) is 1.33. The number of hydrogen-bond donors (Lipinski definition) is 2. The molecule has 6 heteroatoms. The fraction of sp³-hybridized carbons (Fsp3) is 0.421. The lowest BCUT2D eigenvalue weighted by molar-refractivity contribution is 0.414. The molecule has 1 heterocycles. The topological polar surface area (TPSA) is 45.7 Å². The van der Waals surface area contributed by atoms with Crippen LogP contribution in [0.15, 0.2) is 46.8 Å². The van der Waals surface area contributed by atoms with E-state index in [1.165, 1.54) is 10.4 Å². The Kier molecular flexibility index (Phi) is 9.89. The minimum Gasteiger partial charge on any atom is -0.497 e. The summed E-state index contributed by atoms with van der Waals surface area (Å²) < 4.78 is 5.21. The van der Waals surface area contributed by atoms with Crippen molar-refractivity contribution >= 4 is 41.3 Å². The van der Waals surface area contributed by atoms with E-state index in [0.717, 1.165) is 24.7 Å². The Morgan fingerprint density at radius 1 is 1.20 bits per heavy atom. The Balaban J connectivity index is 0.00000312. The highest BCUT2D eigenvalue weighted by Crippen LogP contribution is 2.21. The van der Waals surface area contributed by atoms with Gasteiger partial charge < -0.3 is 15.4 Å². The number of aliphatic imine (C=N–C) groups is 1.